The van der Waals surface area contributed by atoms with E-state index in [1.54, 1.807) is 6.08 Å². The fourth-order valence-corrected chi connectivity index (χ4v) is 4.98. The van der Waals surface area contributed by atoms with Crippen molar-refractivity contribution in [1.82, 2.24) is 4.90 Å². The molecule has 2 aromatic rings. The predicted octanol–water partition coefficient (Wildman–Crippen LogP) is 4.33. The van der Waals surface area contributed by atoms with Crippen LogP contribution in [0.15, 0.2) is 54.1 Å². The number of allylic oxidation sites excluding steroid dienone is 2. The molecule has 4 rings (SSSR count). The summed E-state index contributed by atoms with van der Waals surface area (Å²) in [5.41, 5.74) is 5.28. The molecule has 0 N–H and O–H groups in total. The van der Waals surface area contributed by atoms with E-state index < -0.39 is 5.92 Å². The van der Waals surface area contributed by atoms with Crippen molar-refractivity contribution in [3.05, 3.63) is 81.9 Å². The second-order valence-electron chi connectivity index (χ2n) is 8.66. The monoisotopic (exact) mass is 401 g/mol. The minimum Gasteiger partial charge on any atom is -0.338 e. The van der Waals surface area contributed by atoms with Crippen LogP contribution in [0.5, 0.6) is 0 Å². The third kappa shape index (κ3) is 3.74. The van der Waals surface area contributed by atoms with Crippen molar-refractivity contribution in [1.29, 1.82) is 0 Å². The summed E-state index contributed by atoms with van der Waals surface area (Å²) in [6.45, 7) is 7.28. The Morgan fingerprint density at radius 1 is 1.03 bits per heavy atom. The smallest absolute Gasteiger partial charge is 0.253 e. The average Bonchev–Trinajstić information content (AvgIpc) is 3.27. The number of aryl methyl sites for hydroxylation is 3. The summed E-state index contributed by atoms with van der Waals surface area (Å²) in [5, 5.41) is 0. The van der Waals surface area contributed by atoms with Crippen molar-refractivity contribution in [2.75, 3.05) is 13.1 Å². The molecule has 2 atom stereocenters. The Morgan fingerprint density at radius 2 is 1.70 bits per heavy atom. The van der Waals surface area contributed by atoms with Gasteiger partial charge in [0.2, 0.25) is 0 Å². The molecule has 1 amide bonds. The van der Waals surface area contributed by atoms with Crippen LogP contribution in [-0.2, 0) is 9.59 Å². The summed E-state index contributed by atoms with van der Waals surface area (Å²) in [7, 11) is 0. The molecule has 2 aliphatic rings. The number of nitrogens with zero attached hydrogens (tertiary/aromatic N) is 1. The molecule has 0 aromatic heterocycles. The van der Waals surface area contributed by atoms with E-state index in [2.05, 4.69) is 0 Å². The third-order valence-corrected chi connectivity index (χ3v) is 6.31. The van der Waals surface area contributed by atoms with Crippen LogP contribution >= 0.6 is 0 Å². The fourth-order valence-electron chi connectivity index (χ4n) is 4.98. The Bertz CT molecular complexity index is 1030. The van der Waals surface area contributed by atoms with E-state index in [0.717, 1.165) is 28.7 Å². The zero-order valence-electron chi connectivity index (χ0n) is 17.8. The van der Waals surface area contributed by atoms with Crippen molar-refractivity contribution in [3.63, 3.8) is 0 Å². The Morgan fingerprint density at radius 3 is 2.37 bits per heavy atom. The summed E-state index contributed by atoms with van der Waals surface area (Å²) < 4.78 is 0. The Labute approximate surface area is 177 Å². The highest BCUT2D eigenvalue weighted by molar-refractivity contribution is 6.25. The summed E-state index contributed by atoms with van der Waals surface area (Å²) in [5.74, 6) is -0.642. The van der Waals surface area contributed by atoms with E-state index in [9.17, 15) is 14.4 Å². The molecule has 0 radical (unpaired) electrons. The first kappa shape index (κ1) is 20.3. The number of carbonyl (C=O) groups is 3. The number of carbonyl (C=O) groups excluding carboxylic acids is 3. The first-order valence-electron chi connectivity index (χ1n) is 10.6. The molecule has 2 unspecified atom stereocenters. The van der Waals surface area contributed by atoms with Gasteiger partial charge in [0.25, 0.3) is 5.91 Å². The minimum atomic E-state index is -0.705. The maximum Gasteiger partial charge on any atom is 0.253 e. The number of hydrogen-bond donors (Lipinski definition) is 0. The van der Waals surface area contributed by atoms with Gasteiger partial charge in [0, 0.05) is 24.2 Å². The van der Waals surface area contributed by atoms with Crippen LogP contribution in [0.1, 0.15) is 51.4 Å². The summed E-state index contributed by atoms with van der Waals surface area (Å²) >= 11 is 0. The Balaban J connectivity index is 1.45. The molecule has 0 spiro atoms. The number of hydrogen-bond acceptors (Lipinski definition) is 3. The molecule has 1 heterocycles. The van der Waals surface area contributed by atoms with Gasteiger partial charge in [-0.1, -0.05) is 35.9 Å². The standard InChI is InChI=1S/C26H27NO3/c1-16-11-17(2)23(18(3)12-16)24-22(28)14-21(25(24)29)13-19-9-10-27(15-19)26(30)20-7-5-4-6-8-20/h4-8,11-12,14,19,24H,9-10,13,15H2,1-3H3. The Hall–Kier alpha value is -3.01. The van der Waals surface area contributed by atoms with Crippen molar-refractivity contribution in [2.45, 2.75) is 39.5 Å². The van der Waals surface area contributed by atoms with Gasteiger partial charge in [-0.05, 0) is 74.4 Å². The van der Waals surface area contributed by atoms with Crippen LogP contribution in [0.2, 0.25) is 0 Å². The lowest BCUT2D eigenvalue weighted by atomic mass is 9.85. The largest absolute Gasteiger partial charge is 0.338 e. The second-order valence-corrected chi connectivity index (χ2v) is 8.66. The highest BCUT2D eigenvalue weighted by atomic mass is 16.2. The quantitative estimate of drug-likeness (QED) is 0.717. The first-order valence-corrected chi connectivity index (χ1v) is 10.6. The maximum absolute atomic E-state index is 13.2. The summed E-state index contributed by atoms with van der Waals surface area (Å²) in [6.07, 6.45) is 2.96. The molecular weight excluding hydrogens is 374 g/mol. The van der Waals surface area contributed by atoms with Gasteiger partial charge in [-0.3, -0.25) is 14.4 Å². The number of rotatable bonds is 4. The van der Waals surface area contributed by atoms with Crippen molar-refractivity contribution < 1.29 is 14.4 Å². The van der Waals surface area contributed by atoms with Crippen LogP contribution < -0.4 is 0 Å². The summed E-state index contributed by atoms with van der Waals surface area (Å²) in [4.78, 5) is 40.4. The predicted molar refractivity (Wildman–Crippen MR) is 117 cm³/mol. The zero-order chi connectivity index (χ0) is 21.4. The zero-order valence-corrected chi connectivity index (χ0v) is 17.8. The molecule has 30 heavy (non-hydrogen) atoms. The lowest BCUT2D eigenvalue weighted by molar-refractivity contribution is -0.123. The van der Waals surface area contributed by atoms with Crippen LogP contribution in [-0.4, -0.2) is 35.5 Å². The van der Waals surface area contributed by atoms with E-state index in [1.807, 2.05) is 68.1 Å². The molecule has 1 fully saturated rings. The molecule has 0 bridgehead atoms. The van der Waals surface area contributed by atoms with Crippen LogP contribution in [0.3, 0.4) is 0 Å². The fraction of sp³-hybridized carbons (Fsp3) is 0.346. The molecule has 1 aliphatic heterocycles. The van der Waals surface area contributed by atoms with Crippen molar-refractivity contribution >= 4 is 17.5 Å². The minimum absolute atomic E-state index is 0.0321. The number of likely N-dealkylation sites (tertiary alicyclic amines) is 1. The van der Waals surface area contributed by atoms with Gasteiger partial charge >= 0.3 is 0 Å². The van der Waals surface area contributed by atoms with E-state index in [1.165, 1.54) is 0 Å². The van der Waals surface area contributed by atoms with Crippen LogP contribution in [0.4, 0.5) is 0 Å². The molecule has 4 heteroatoms. The maximum atomic E-state index is 13.2. The Kier molecular flexibility index (Phi) is 5.42. The van der Waals surface area contributed by atoms with Gasteiger partial charge in [0.15, 0.2) is 11.6 Å². The van der Waals surface area contributed by atoms with Crippen LogP contribution in [0.25, 0.3) is 0 Å². The highest BCUT2D eigenvalue weighted by Gasteiger charge is 2.39. The summed E-state index contributed by atoms with van der Waals surface area (Å²) in [6, 6.07) is 13.3. The van der Waals surface area contributed by atoms with Crippen molar-refractivity contribution in [3.8, 4) is 0 Å². The topological polar surface area (TPSA) is 54.5 Å². The highest BCUT2D eigenvalue weighted by Crippen LogP contribution is 2.36. The van der Waals surface area contributed by atoms with Gasteiger partial charge in [0.05, 0.1) is 0 Å². The lowest BCUT2D eigenvalue weighted by Crippen LogP contribution is -2.28. The van der Waals surface area contributed by atoms with Gasteiger partial charge in [-0.25, -0.2) is 0 Å². The van der Waals surface area contributed by atoms with Gasteiger partial charge < -0.3 is 4.90 Å². The number of Topliss-reactive ketones (excluding diaryl/α,β-unsaturated/α-hetero) is 1. The second kappa shape index (κ2) is 8.02. The molecule has 0 saturated carbocycles. The molecule has 154 valence electrons. The van der Waals surface area contributed by atoms with E-state index in [0.29, 0.717) is 30.6 Å². The van der Waals surface area contributed by atoms with Gasteiger partial charge in [-0.15, -0.1) is 0 Å². The molecule has 1 aliphatic carbocycles. The lowest BCUT2D eigenvalue weighted by Gasteiger charge is -2.18. The number of amides is 1. The average molecular weight is 402 g/mol. The first-order chi connectivity index (χ1) is 14.3. The molecule has 1 saturated heterocycles. The van der Waals surface area contributed by atoms with Gasteiger partial charge in [0.1, 0.15) is 5.92 Å². The number of ketones is 2. The van der Waals surface area contributed by atoms with E-state index in [-0.39, 0.29) is 23.4 Å². The molecular formula is C26H27NO3. The molecule has 4 nitrogen and oxygen atoms in total. The van der Waals surface area contributed by atoms with Gasteiger partial charge in [-0.2, -0.15) is 0 Å². The number of benzene rings is 2. The molecule has 2 aromatic carbocycles. The van der Waals surface area contributed by atoms with Crippen molar-refractivity contribution in [2.24, 2.45) is 5.92 Å². The van der Waals surface area contributed by atoms with E-state index >= 15 is 0 Å². The van der Waals surface area contributed by atoms with Crippen LogP contribution in [0, 0.1) is 26.7 Å². The SMILES string of the molecule is Cc1cc(C)c(C2C(=O)C=C(CC3CCN(C(=O)c4ccccc4)C3)C2=O)c(C)c1. The normalized spacial score (nSPS) is 21.3. The van der Waals surface area contributed by atoms with E-state index in [4.69, 9.17) is 0 Å². The third-order valence-electron chi connectivity index (χ3n) is 6.31.